The quantitative estimate of drug-likeness (QED) is 0.736. The van der Waals surface area contributed by atoms with E-state index in [2.05, 4.69) is 46.7 Å². The summed E-state index contributed by atoms with van der Waals surface area (Å²) < 4.78 is 12.2. The van der Waals surface area contributed by atoms with Gasteiger partial charge in [0.2, 0.25) is 0 Å². The van der Waals surface area contributed by atoms with Gasteiger partial charge in [0.15, 0.2) is 0 Å². The van der Waals surface area contributed by atoms with Crippen LogP contribution in [0.25, 0.3) is 5.57 Å². The average molecular weight is 311 g/mol. The van der Waals surface area contributed by atoms with Crippen molar-refractivity contribution in [3.63, 3.8) is 0 Å². The number of benzene rings is 1. The van der Waals surface area contributed by atoms with E-state index in [0.29, 0.717) is 5.56 Å². The minimum Gasteiger partial charge on any atom is -0.400 e. The van der Waals surface area contributed by atoms with Crippen LogP contribution in [-0.4, -0.2) is 18.3 Å². The lowest BCUT2D eigenvalue weighted by atomic mass is 9.83. The zero-order valence-corrected chi connectivity index (χ0v) is 14.8. The summed E-state index contributed by atoms with van der Waals surface area (Å²) in [7, 11) is -0.331. The predicted octanol–water partition coefficient (Wildman–Crippen LogP) is 4.76. The number of nitrogens with zero attached hydrogens (tertiary/aromatic N) is 1. The van der Waals surface area contributed by atoms with Crippen LogP contribution in [0.2, 0.25) is 0 Å². The zero-order valence-electron chi connectivity index (χ0n) is 14.8. The van der Waals surface area contributed by atoms with E-state index in [0.717, 1.165) is 24.8 Å². The zero-order chi connectivity index (χ0) is 17.1. The van der Waals surface area contributed by atoms with Gasteiger partial charge >= 0.3 is 7.12 Å². The lowest BCUT2D eigenvalue weighted by Gasteiger charge is -2.32. The Kier molecular flexibility index (Phi) is 5.34. The predicted molar refractivity (Wildman–Crippen MR) is 94.7 cm³/mol. The second kappa shape index (κ2) is 6.90. The molecular weight excluding hydrogens is 285 g/mol. The van der Waals surface area contributed by atoms with Crippen molar-refractivity contribution in [1.29, 1.82) is 5.26 Å². The van der Waals surface area contributed by atoms with E-state index in [9.17, 15) is 0 Å². The molecule has 1 aromatic rings. The second-order valence-corrected chi connectivity index (χ2v) is 7.11. The van der Waals surface area contributed by atoms with Crippen molar-refractivity contribution >= 4 is 12.7 Å². The van der Waals surface area contributed by atoms with Crippen LogP contribution in [0.15, 0.2) is 30.2 Å². The molecule has 1 aliphatic rings. The molecule has 23 heavy (non-hydrogen) atoms. The van der Waals surface area contributed by atoms with Gasteiger partial charge in [0.25, 0.3) is 0 Å². The molecular formula is C19H26BNO2. The highest BCUT2D eigenvalue weighted by Crippen LogP contribution is 2.38. The molecule has 1 saturated heterocycles. The lowest BCUT2D eigenvalue weighted by Crippen LogP contribution is -2.41. The van der Waals surface area contributed by atoms with Gasteiger partial charge in [0, 0.05) is 0 Å². The number of hydrogen-bond donors (Lipinski definition) is 0. The first-order chi connectivity index (χ1) is 10.8. The molecule has 0 aromatic heterocycles. The summed E-state index contributed by atoms with van der Waals surface area (Å²) in [6, 6.07) is 9.89. The third-order valence-corrected chi connectivity index (χ3v) is 4.79. The average Bonchev–Trinajstić information content (AvgIpc) is 2.71. The van der Waals surface area contributed by atoms with Gasteiger partial charge in [-0.3, -0.25) is 0 Å². The largest absolute Gasteiger partial charge is 0.487 e. The molecule has 1 aliphatic heterocycles. The second-order valence-electron chi connectivity index (χ2n) is 7.11. The van der Waals surface area contributed by atoms with Gasteiger partial charge in [0.05, 0.1) is 22.8 Å². The van der Waals surface area contributed by atoms with Gasteiger partial charge in [-0.1, -0.05) is 31.5 Å². The minimum atomic E-state index is -0.331. The Morgan fingerprint density at radius 2 is 1.70 bits per heavy atom. The lowest BCUT2D eigenvalue weighted by molar-refractivity contribution is 0.00578. The third-order valence-electron chi connectivity index (χ3n) is 4.79. The summed E-state index contributed by atoms with van der Waals surface area (Å²) in [5.74, 6) is 2.09. The van der Waals surface area contributed by atoms with E-state index in [4.69, 9.17) is 14.6 Å². The third kappa shape index (κ3) is 4.05. The fourth-order valence-electron chi connectivity index (χ4n) is 2.57. The maximum atomic E-state index is 8.95. The molecule has 1 fully saturated rings. The molecule has 0 aliphatic carbocycles. The van der Waals surface area contributed by atoms with Gasteiger partial charge in [-0.15, -0.1) is 0 Å². The fraction of sp³-hybridized carbons (Fsp3) is 0.526. The highest BCUT2D eigenvalue weighted by atomic mass is 16.7. The van der Waals surface area contributed by atoms with E-state index < -0.39 is 0 Å². The minimum absolute atomic E-state index is 0.325. The van der Waals surface area contributed by atoms with E-state index in [1.807, 2.05) is 24.3 Å². The van der Waals surface area contributed by atoms with Gasteiger partial charge in [-0.25, -0.2) is 0 Å². The number of hydrogen-bond acceptors (Lipinski definition) is 3. The molecule has 0 radical (unpaired) electrons. The fourth-order valence-corrected chi connectivity index (χ4v) is 2.57. The first-order valence-electron chi connectivity index (χ1n) is 8.36. The van der Waals surface area contributed by atoms with Gasteiger partial charge in [0.1, 0.15) is 0 Å². The van der Waals surface area contributed by atoms with E-state index >= 15 is 0 Å². The molecule has 0 spiro atoms. The number of nitriles is 1. The van der Waals surface area contributed by atoms with Crippen molar-refractivity contribution in [3.05, 3.63) is 41.4 Å². The van der Waals surface area contributed by atoms with E-state index in [-0.39, 0.29) is 18.3 Å². The Labute approximate surface area is 140 Å². The molecule has 1 heterocycles. The Morgan fingerprint density at radius 3 is 2.17 bits per heavy atom. The number of allylic oxidation sites excluding steroid dienone is 1. The van der Waals surface area contributed by atoms with Crippen molar-refractivity contribution in [2.45, 2.75) is 65.1 Å². The number of rotatable bonds is 5. The van der Waals surface area contributed by atoms with Crippen LogP contribution < -0.4 is 0 Å². The summed E-state index contributed by atoms with van der Waals surface area (Å²) >= 11 is 0. The Morgan fingerprint density at radius 1 is 1.13 bits per heavy atom. The van der Waals surface area contributed by atoms with Crippen molar-refractivity contribution in [1.82, 2.24) is 0 Å². The van der Waals surface area contributed by atoms with Crippen molar-refractivity contribution < 1.29 is 9.31 Å². The summed E-state index contributed by atoms with van der Waals surface area (Å²) in [5, 5.41) is 8.95. The molecule has 0 unspecified atom stereocenters. The Hall–Kier alpha value is -1.57. The van der Waals surface area contributed by atoms with Crippen LogP contribution in [-0.2, 0) is 9.31 Å². The Bertz CT molecular complexity index is 595. The van der Waals surface area contributed by atoms with E-state index in [1.54, 1.807) is 0 Å². The van der Waals surface area contributed by atoms with Gasteiger partial charge < -0.3 is 9.31 Å². The van der Waals surface area contributed by atoms with Crippen molar-refractivity contribution in [2.75, 3.05) is 0 Å². The molecule has 0 bridgehead atoms. The van der Waals surface area contributed by atoms with Crippen LogP contribution >= 0.6 is 0 Å². The standard InChI is InChI=1S/C19H26BNO2/c1-6-7-8-17(16-11-9-15(14-21)10-12-16)13-20-22-18(2,3)19(4,5)23-20/h9-13H,6-8H2,1-5H3/b17-13-. The molecule has 1 aromatic carbocycles. The summed E-state index contributed by atoms with van der Waals surface area (Å²) in [6.45, 7) is 10.4. The normalized spacial score (nSPS) is 19.7. The van der Waals surface area contributed by atoms with Crippen LogP contribution in [0.5, 0.6) is 0 Å². The summed E-state index contributed by atoms with van der Waals surface area (Å²) in [6.07, 6.45) is 3.23. The van der Waals surface area contributed by atoms with Gasteiger partial charge in [-0.2, -0.15) is 5.26 Å². The van der Waals surface area contributed by atoms with Crippen LogP contribution in [0.4, 0.5) is 0 Å². The molecule has 0 N–H and O–H groups in total. The van der Waals surface area contributed by atoms with Crippen molar-refractivity contribution in [2.24, 2.45) is 0 Å². The maximum Gasteiger partial charge on any atom is 0.487 e. The highest BCUT2D eigenvalue weighted by Gasteiger charge is 2.50. The monoisotopic (exact) mass is 311 g/mol. The first-order valence-corrected chi connectivity index (χ1v) is 8.36. The summed E-state index contributed by atoms with van der Waals surface area (Å²) in [4.78, 5) is 0. The highest BCUT2D eigenvalue weighted by molar-refractivity contribution is 6.53. The van der Waals surface area contributed by atoms with E-state index in [1.165, 1.54) is 5.57 Å². The van der Waals surface area contributed by atoms with Crippen molar-refractivity contribution in [3.8, 4) is 6.07 Å². The SMILES string of the molecule is CCCC/C(=C/B1OC(C)(C)C(C)(C)O1)c1ccc(C#N)cc1. The van der Waals surface area contributed by atoms with Crippen LogP contribution in [0.1, 0.15) is 65.0 Å². The maximum absolute atomic E-state index is 8.95. The summed E-state index contributed by atoms with van der Waals surface area (Å²) in [5.41, 5.74) is 2.38. The molecule has 0 atom stereocenters. The molecule has 122 valence electrons. The Balaban J connectivity index is 2.26. The molecule has 3 nitrogen and oxygen atoms in total. The molecule has 0 saturated carbocycles. The molecule has 0 amide bonds. The van der Waals surface area contributed by atoms with Crippen LogP contribution in [0, 0.1) is 11.3 Å². The van der Waals surface area contributed by atoms with Gasteiger partial charge in [-0.05, 0) is 63.8 Å². The molecule has 2 rings (SSSR count). The number of unbranched alkanes of at least 4 members (excludes halogenated alkanes) is 1. The first kappa shape index (κ1) is 17.8. The topological polar surface area (TPSA) is 42.2 Å². The smallest absolute Gasteiger partial charge is 0.400 e. The van der Waals surface area contributed by atoms with Crippen LogP contribution in [0.3, 0.4) is 0 Å². The molecule has 4 heteroatoms.